The highest BCUT2D eigenvalue weighted by Gasteiger charge is 2.20. The van der Waals surface area contributed by atoms with Crippen LogP contribution in [0.3, 0.4) is 0 Å². The summed E-state index contributed by atoms with van der Waals surface area (Å²) in [6, 6.07) is 7.54. The van der Waals surface area contributed by atoms with E-state index in [1.54, 1.807) is 7.11 Å². The topological polar surface area (TPSA) is 47.6 Å². The Balaban J connectivity index is 1.77. The maximum absolute atomic E-state index is 11.5. The fourth-order valence-corrected chi connectivity index (χ4v) is 1.71. The van der Waals surface area contributed by atoms with E-state index in [1.807, 2.05) is 24.3 Å². The van der Waals surface area contributed by atoms with Crippen molar-refractivity contribution in [3.05, 3.63) is 29.8 Å². The molecule has 1 aromatic rings. The average Bonchev–Trinajstić information content (AvgIpc) is 2.31. The molecular formula is C13H17NO3. The van der Waals surface area contributed by atoms with Crippen molar-refractivity contribution in [1.82, 2.24) is 5.32 Å². The Kier molecular flexibility index (Phi) is 3.98. The van der Waals surface area contributed by atoms with E-state index in [1.165, 1.54) is 0 Å². The molecule has 1 fully saturated rings. The molecule has 92 valence electrons. The normalized spacial score (nSPS) is 15.1. The fourth-order valence-electron chi connectivity index (χ4n) is 1.71. The molecular weight excluding hydrogens is 218 g/mol. The van der Waals surface area contributed by atoms with Gasteiger partial charge in [-0.15, -0.1) is 0 Å². The van der Waals surface area contributed by atoms with Crippen LogP contribution in [-0.2, 0) is 16.1 Å². The van der Waals surface area contributed by atoms with Gasteiger partial charge in [-0.25, -0.2) is 0 Å². The van der Waals surface area contributed by atoms with Gasteiger partial charge in [0, 0.05) is 0 Å². The van der Waals surface area contributed by atoms with Crippen LogP contribution in [-0.4, -0.2) is 26.2 Å². The first-order valence-corrected chi connectivity index (χ1v) is 5.77. The van der Waals surface area contributed by atoms with Crippen molar-refractivity contribution in [2.24, 2.45) is 5.92 Å². The Morgan fingerprint density at radius 1 is 1.47 bits per heavy atom. The lowest BCUT2D eigenvalue weighted by atomic mass is 10.00. The molecule has 1 aliphatic rings. The summed E-state index contributed by atoms with van der Waals surface area (Å²) in [7, 11) is 1.62. The van der Waals surface area contributed by atoms with Gasteiger partial charge in [-0.1, -0.05) is 12.1 Å². The van der Waals surface area contributed by atoms with Gasteiger partial charge in [0.25, 0.3) is 0 Å². The number of hydrogen-bond acceptors (Lipinski definition) is 4. The number of carbonyl (C=O) groups is 1. The number of nitrogens with one attached hydrogen (secondary N) is 1. The molecule has 1 N–H and O–H groups in total. The van der Waals surface area contributed by atoms with Crippen LogP contribution >= 0.6 is 0 Å². The average molecular weight is 235 g/mol. The summed E-state index contributed by atoms with van der Waals surface area (Å²) in [5.41, 5.74) is 0.949. The molecule has 4 nitrogen and oxygen atoms in total. The van der Waals surface area contributed by atoms with Gasteiger partial charge in [0.15, 0.2) is 0 Å². The highest BCUT2D eigenvalue weighted by atomic mass is 16.5. The standard InChI is InChI=1S/C13H17NO3/c1-16-12-4-2-3-10(5-12)9-17-13(15)6-11-7-14-8-11/h2-5,11,14H,6-9H2,1H3. The highest BCUT2D eigenvalue weighted by Crippen LogP contribution is 2.14. The van der Waals surface area contributed by atoms with Gasteiger partial charge in [-0.05, 0) is 36.7 Å². The number of methoxy groups -OCH3 is 1. The van der Waals surface area contributed by atoms with Crippen molar-refractivity contribution < 1.29 is 14.3 Å². The largest absolute Gasteiger partial charge is 0.497 e. The Morgan fingerprint density at radius 3 is 2.94 bits per heavy atom. The van der Waals surface area contributed by atoms with Gasteiger partial charge in [-0.2, -0.15) is 0 Å². The molecule has 17 heavy (non-hydrogen) atoms. The molecule has 0 atom stereocenters. The van der Waals surface area contributed by atoms with Crippen LogP contribution in [0.1, 0.15) is 12.0 Å². The Hall–Kier alpha value is -1.55. The number of esters is 1. The number of carbonyl (C=O) groups excluding carboxylic acids is 1. The van der Waals surface area contributed by atoms with E-state index in [-0.39, 0.29) is 5.97 Å². The van der Waals surface area contributed by atoms with E-state index < -0.39 is 0 Å². The molecule has 0 unspecified atom stereocenters. The van der Waals surface area contributed by atoms with Gasteiger partial charge in [0.05, 0.1) is 13.5 Å². The van der Waals surface area contributed by atoms with E-state index in [0.717, 1.165) is 24.4 Å². The second-order valence-corrected chi connectivity index (χ2v) is 4.24. The molecule has 4 heteroatoms. The van der Waals surface area contributed by atoms with Crippen LogP contribution in [0.5, 0.6) is 5.75 Å². The van der Waals surface area contributed by atoms with E-state index in [9.17, 15) is 4.79 Å². The third kappa shape index (κ3) is 3.46. The highest BCUT2D eigenvalue weighted by molar-refractivity contribution is 5.69. The lowest BCUT2D eigenvalue weighted by molar-refractivity contribution is -0.146. The van der Waals surface area contributed by atoms with Gasteiger partial charge in [-0.3, -0.25) is 4.79 Å². The van der Waals surface area contributed by atoms with Crippen molar-refractivity contribution in [1.29, 1.82) is 0 Å². The van der Waals surface area contributed by atoms with Crippen molar-refractivity contribution in [2.75, 3.05) is 20.2 Å². The smallest absolute Gasteiger partial charge is 0.306 e. The molecule has 0 radical (unpaired) electrons. The third-order valence-electron chi connectivity index (χ3n) is 2.86. The van der Waals surface area contributed by atoms with Crippen molar-refractivity contribution in [3.63, 3.8) is 0 Å². The van der Waals surface area contributed by atoms with Crippen molar-refractivity contribution in [2.45, 2.75) is 13.0 Å². The van der Waals surface area contributed by atoms with Crippen LogP contribution < -0.4 is 10.1 Å². The summed E-state index contributed by atoms with van der Waals surface area (Å²) in [4.78, 5) is 11.5. The lowest BCUT2D eigenvalue weighted by Crippen LogP contribution is -2.43. The van der Waals surface area contributed by atoms with Crippen molar-refractivity contribution >= 4 is 5.97 Å². The first-order valence-electron chi connectivity index (χ1n) is 5.77. The van der Waals surface area contributed by atoms with Crippen LogP contribution in [0.25, 0.3) is 0 Å². The number of ether oxygens (including phenoxy) is 2. The first kappa shape index (κ1) is 11.9. The summed E-state index contributed by atoms with van der Waals surface area (Å²) in [5, 5.41) is 3.13. The lowest BCUT2D eigenvalue weighted by Gasteiger charge is -2.25. The molecule has 2 rings (SSSR count). The van der Waals surface area contributed by atoms with Crippen molar-refractivity contribution in [3.8, 4) is 5.75 Å². The Morgan fingerprint density at radius 2 is 2.29 bits per heavy atom. The van der Waals surface area contributed by atoms with Gasteiger partial charge < -0.3 is 14.8 Å². The van der Waals surface area contributed by atoms with Gasteiger partial charge in [0.2, 0.25) is 0 Å². The summed E-state index contributed by atoms with van der Waals surface area (Å²) in [6.45, 7) is 2.17. The zero-order chi connectivity index (χ0) is 12.1. The van der Waals surface area contributed by atoms with E-state index >= 15 is 0 Å². The molecule has 1 saturated heterocycles. The molecule has 1 heterocycles. The third-order valence-corrected chi connectivity index (χ3v) is 2.86. The first-order chi connectivity index (χ1) is 8.28. The molecule has 0 aromatic heterocycles. The maximum atomic E-state index is 11.5. The molecule has 0 spiro atoms. The number of hydrogen-bond donors (Lipinski definition) is 1. The van der Waals surface area contributed by atoms with Crippen LogP contribution in [0.2, 0.25) is 0 Å². The second kappa shape index (κ2) is 5.68. The van der Waals surface area contributed by atoms with Crippen LogP contribution in [0.4, 0.5) is 0 Å². The Bertz CT molecular complexity index is 388. The predicted octanol–water partition coefficient (Wildman–Crippen LogP) is 1.35. The fraction of sp³-hybridized carbons (Fsp3) is 0.462. The van der Waals surface area contributed by atoms with Crippen LogP contribution in [0.15, 0.2) is 24.3 Å². The van der Waals surface area contributed by atoms with Gasteiger partial charge >= 0.3 is 5.97 Å². The minimum absolute atomic E-state index is 0.126. The molecule has 1 aliphatic heterocycles. The second-order valence-electron chi connectivity index (χ2n) is 4.24. The predicted molar refractivity (Wildman–Crippen MR) is 63.8 cm³/mol. The van der Waals surface area contributed by atoms with E-state index in [2.05, 4.69) is 5.32 Å². The number of rotatable bonds is 5. The minimum atomic E-state index is -0.126. The monoisotopic (exact) mass is 235 g/mol. The maximum Gasteiger partial charge on any atom is 0.306 e. The molecule has 0 saturated carbocycles. The molecule has 1 aromatic carbocycles. The SMILES string of the molecule is COc1cccc(COC(=O)CC2CNC2)c1. The van der Waals surface area contributed by atoms with Gasteiger partial charge in [0.1, 0.15) is 12.4 Å². The summed E-state index contributed by atoms with van der Waals surface area (Å²) >= 11 is 0. The zero-order valence-electron chi connectivity index (χ0n) is 9.94. The Labute approximate surface area is 101 Å². The minimum Gasteiger partial charge on any atom is -0.497 e. The quantitative estimate of drug-likeness (QED) is 0.783. The molecule has 0 aliphatic carbocycles. The molecule has 0 amide bonds. The van der Waals surface area contributed by atoms with E-state index in [4.69, 9.17) is 9.47 Å². The number of benzene rings is 1. The summed E-state index contributed by atoms with van der Waals surface area (Å²) in [5.74, 6) is 1.11. The summed E-state index contributed by atoms with van der Waals surface area (Å²) in [6.07, 6.45) is 0.511. The van der Waals surface area contributed by atoms with E-state index in [0.29, 0.717) is 18.9 Å². The summed E-state index contributed by atoms with van der Waals surface area (Å²) < 4.78 is 10.3. The zero-order valence-corrected chi connectivity index (χ0v) is 9.94. The molecule has 0 bridgehead atoms. The van der Waals surface area contributed by atoms with Crippen LogP contribution in [0, 0.1) is 5.92 Å².